The SMILES string of the molecule is CC(C)(C)n1nc(Cc2ccccc2F)c2c(N)ncnc21. The van der Waals surface area contributed by atoms with Gasteiger partial charge in [0.1, 0.15) is 18.0 Å². The second-order valence-electron chi connectivity index (χ2n) is 6.26. The Morgan fingerprint density at radius 3 is 2.59 bits per heavy atom. The van der Waals surface area contributed by atoms with Crippen molar-refractivity contribution in [3.05, 3.63) is 47.7 Å². The molecular weight excluding hydrogens is 281 g/mol. The number of halogens is 1. The van der Waals surface area contributed by atoms with E-state index in [0.29, 0.717) is 34.5 Å². The first-order chi connectivity index (χ1) is 10.4. The highest BCUT2D eigenvalue weighted by Crippen LogP contribution is 2.28. The minimum absolute atomic E-state index is 0.253. The Labute approximate surface area is 128 Å². The van der Waals surface area contributed by atoms with Crippen molar-refractivity contribution >= 4 is 16.9 Å². The third-order valence-electron chi connectivity index (χ3n) is 3.52. The summed E-state index contributed by atoms with van der Waals surface area (Å²) in [6.07, 6.45) is 1.78. The van der Waals surface area contributed by atoms with Crippen LogP contribution in [-0.2, 0) is 12.0 Å². The van der Waals surface area contributed by atoms with E-state index in [9.17, 15) is 4.39 Å². The lowest BCUT2D eigenvalue weighted by Crippen LogP contribution is -2.23. The summed E-state index contributed by atoms with van der Waals surface area (Å²) in [6.45, 7) is 6.10. The molecule has 2 N–H and O–H groups in total. The molecule has 0 bridgehead atoms. The molecule has 0 amide bonds. The monoisotopic (exact) mass is 299 g/mol. The van der Waals surface area contributed by atoms with Gasteiger partial charge in [-0.25, -0.2) is 19.0 Å². The van der Waals surface area contributed by atoms with Crippen molar-refractivity contribution < 1.29 is 4.39 Å². The third-order valence-corrected chi connectivity index (χ3v) is 3.52. The van der Waals surface area contributed by atoms with Gasteiger partial charge in [-0.1, -0.05) is 18.2 Å². The molecule has 2 aromatic heterocycles. The maximum atomic E-state index is 13.9. The Morgan fingerprint density at radius 1 is 1.18 bits per heavy atom. The molecule has 0 aliphatic rings. The van der Waals surface area contributed by atoms with Gasteiger partial charge < -0.3 is 5.73 Å². The van der Waals surface area contributed by atoms with Crippen LogP contribution in [-0.4, -0.2) is 19.7 Å². The number of aromatic nitrogens is 4. The summed E-state index contributed by atoms with van der Waals surface area (Å²) >= 11 is 0. The van der Waals surface area contributed by atoms with Gasteiger partial charge in [0.15, 0.2) is 5.65 Å². The third kappa shape index (κ3) is 2.41. The van der Waals surface area contributed by atoms with E-state index >= 15 is 0 Å². The standard InChI is InChI=1S/C16H18FN5/c1-16(2,3)22-15-13(14(18)19-9-20-15)12(21-22)8-10-6-4-5-7-11(10)17/h4-7,9H,8H2,1-3H3,(H2,18,19,20). The van der Waals surface area contributed by atoms with Crippen LogP contribution in [0.5, 0.6) is 0 Å². The van der Waals surface area contributed by atoms with Crippen LogP contribution in [0.4, 0.5) is 10.2 Å². The fourth-order valence-electron chi connectivity index (χ4n) is 2.46. The lowest BCUT2D eigenvalue weighted by molar-refractivity contribution is 0.363. The highest BCUT2D eigenvalue weighted by Gasteiger charge is 2.23. The lowest BCUT2D eigenvalue weighted by Gasteiger charge is -2.19. The van der Waals surface area contributed by atoms with Crippen molar-refractivity contribution in [3.8, 4) is 0 Å². The summed E-state index contributed by atoms with van der Waals surface area (Å²) in [5.74, 6) is 0.114. The molecule has 0 unspecified atom stereocenters. The second kappa shape index (κ2) is 5.05. The zero-order valence-electron chi connectivity index (χ0n) is 12.8. The Bertz CT molecular complexity index is 832. The number of hydrogen-bond donors (Lipinski definition) is 1. The topological polar surface area (TPSA) is 69.6 Å². The molecule has 0 aliphatic carbocycles. The van der Waals surface area contributed by atoms with Crippen molar-refractivity contribution in [2.45, 2.75) is 32.7 Å². The smallest absolute Gasteiger partial charge is 0.164 e. The number of hydrogen-bond acceptors (Lipinski definition) is 4. The molecule has 0 radical (unpaired) electrons. The van der Waals surface area contributed by atoms with E-state index in [-0.39, 0.29) is 11.4 Å². The number of nitrogen functional groups attached to an aromatic ring is 1. The molecule has 0 aliphatic heterocycles. The highest BCUT2D eigenvalue weighted by molar-refractivity contribution is 5.88. The largest absolute Gasteiger partial charge is 0.383 e. The van der Waals surface area contributed by atoms with Gasteiger partial charge in [0.25, 0.3) is 0 Å². The van der Waals surface area contributed by atoms with Gasteiger partial charge in [-0.2, -0.15) is 5.10 Å². The van der Waals surface area contributed by atoms with E-state index in [4.69, 9.17) is 5.73 Å². The fourth-order valence-corrected chi connectivity index (χ4v) is 2.46. The van der Waals surface area contributed by atoms with E-state index < -0.39 is 0 Å². The number of nitrogens with two attached hydrogens (primary N) is 1. The van der Waals surface area contributed by atoms with E-state index in [2.05, 4.69) is 15.1 Å². The maximum Gasteiger partial charge on any atom is 0.164 e. The Balaban J connectivity index is 2.20. The molecule has 3 rings (SSSR count). The number of rotatable bonds is 2. The molecule has 0 spiro atoms. The Hall–Kier alpha value is -2.50. The average molecular weight is 299 g/mol. The molecule has 0 saturated heterocycles. The molecular formula is C16H18FN5. The van der Waals surface area contributed by atoms with Gasteiger partial charge in [-0.3, -0.25) is 0 Å². The van der Waals surface area contributed by atoms with Crippen molar-refractivity contribution in [3.63, 3.8) is 0 Å². The van der Waals surface area contributed by atoms with Gasteiger partial charge in [-0.15, -0.1) is 0 Å². The predicted molar refractivity (Wildman–Crippen MR) is 83.9 cm³/mol. The molecule has 1 aromatic carbocycles. The summed E-state index contributed by atoms with van der Waals surface area (Å²) < 4.78 is 15.7. The number of nitrogens with zero attached hydrogens (tertiary/aromatic N) is 4. The van der Waals surface area contributed by atoms with E-state index in [1.807, 2.05) is 25.5 Å². The van der Waals surface area contributed by atoms with Crippen LogP contribution in [0.3, 0.4) is 0 Å². The summed E-state index contributed by atoms with van der Waals surface area (Å²) in [5, 5.41) is 5.32. The molecule has 0 fully saturated rings. The molecule has 22 heavy (non-hydrogen) atoms. The predicted octanol–water partition coefficient (Wildman–Crippen LogP) is 2.89. The van der Waals surface area contributed by atoms with Crippen LogP contribution in [0.15, 0.2) is 30.6 Å². The quantitative estimate of drug-likeness (QED) is 0.790. The fraction of sp³-hybridized carbons (Fsp3) is 0.312. The van der Waals surface area contributed by atoms with Crippen LogP contribution in [0.25, 0.3) is 11.0 Å². The van der Waals surface area contributed by atoms with Crippen LogP contribution < -0.4 is 5.73 Å². The van der Waals surface area contributed by atoms with Gasteiger partial charge in [0, 0.05) is 6.42 Å². The molecule has 2 heterocycles. The van der Waals surface area contributed by atoms with E-state index in [1.54, 1.807) is 18.2 Å². The van der Waals surface area contributed by atoms with Gasteiger partial charge >= 0.3 is 0 Å². The molecule has 0 saturated carbocycles. The average Bonchev–Trinajstić information content (AvgIpc) is 2.82. The van der Waals surface area contributed by atoms with Crippen LogP contribution in [0, 0.1) is 5.82 Å². The van der Waals surface area contributed by atoms with Crippen molar-refractivity contribution in [2.24, 2.45) is 0 Å². The Kier molecular flexibility index (Phi) is 3.31. The summed E-state index contributed by atoms with van der Waals surface area (Å²) in [6, 6.07) is 6.67. The van der Waals surface area contributed by atoms with E-state index in [1.165, 1.54) is 12.4 Å². The van der Waals surface area contributed by atoms with E-state index in [0.717, 1.165) is 0 Å². The van der Waals surface area contributed by atoms with Crippen LogP contribution in [0.2, 0.25) is 0 Å². The minimum Gasteiger partial charge on any atom is -0.383 e. The normalized spacial score (nSPS) is 12.0. The summed E-state index contributed by atoms with van der Waals surface area (Å²) in [7, 11) is 0. The minimum atomic E-state index is -0.257. The number of anilines is 1. The number of benzene rings is 1. The highest BCUT2D eigenvalue weighted by atomic mass is 19.1. The van der Waals surface area contributed by atoms with Gasteiger partial charge in [-0.05, 0) is 32.4 Å². The first-order valence-corrected chi connectivity index (χ1v) is 7.10. The second-order valence-corrected chi connectivity index (χ2v) is 6.26. The van der Waals surface area contributed by atoms with Gasteiger partial charge in [0.2, 0.25) is 0 Å². The van der Waals surface area contributed by atoms with Crippen LogP contribution >= 0.6 is 0 Å². The molecule has 0 atom stereocenters. The first-order valence-electron chi connectivity index (χ1n) is 7.10. The van der Waals surface area contributed by atoms with Crippen molar-refractivity contribution in [1.82, 2.24) is 19.7 Å². The molecule has 5 nitrogen and oxygen atoms in total. The maximum absolute atomic E-state index is 13.9. The molecule has 3 aromatic rings. The lowest BCUT2D eigenvalue weighted by atomic mass is 10.1. The summed E-state index contributed by atoms with van der Waals surface area (Å²) in [4.78, 5) is 8.36. The molecule has 114 valence electrons. The zero-order valence-corrected chi connectivity index (χ0v) is 12.8. The molecule has 6 heteroatoms. The van der Waals surface area contributed by atoms with Crippen LogP contribution in [0.1, 0.15) is 32.0 Å². The summed E-state index contributed by atoms with van der Waals surface area (Å²) in [5.41, 5.74) is 7.69. The zero-order chi connectivity index (χ0) is 15.9. The Morgan fingerprint density at radius 2 is 1.91 bits per heavy atom. The van der Waals surface area contributed by atoms with Crippen molar-refractivity contribution in [1.29, 1.82) is 0 Å². The first kappa shape index (κ1) is 14.4. The van der Waals surface area contributed by atoms with Gasteiger partial charge in [0.05, 0.1) is 16.6 Å². The van der Waals surface area contributed by atoms with Crippen molar-refractivity contribution in [2.75, 3.05) is 5.73 Å². The number of fused-ring (bicyclic) bond motifs is 1.